The lowest BCUT2D eigenvalue weighted by Crippen LogP contribution is -2.56. The summed E-state index contributed by atoms with van der Waals surface area (Å²) < 4.78 is 18.0. The van der Waals surface area contributed by atoms with Gasteiger partial charge in [0.25, 0.3) is 7.37 Å². The van der Waals surface area contributed by atoms with Gasteiger partial charge in [-0.2, -0.15) is 0 Å². The van der Waals surface area contributed by atoms with Crippen molar-refractivity contribution in [1.82, 2.24) is 0 Å². The van der Waals surface area contributed by atoms with Crippen molar-refractivity contribution in [2.45, 2.75) is 30.3 Å². The molecule has 0 amide bonds. The Morgan fingerprint density at radius 1 is 1.15 bits per heavy atom. The van der Waals surface area contributed by atoms with Crippen molar-refractivity contribution in [2.24, 2.45) is 0 Å². The van der Waals surface area contributed by atoms with Crippen LogP contribution in [0.5, 0.6) is 0 Å². The van der Waals surface area contributed by atoms with Crippen molar-refractivity contribution in [3.8, 4) is 0 Å². The summed E-state index contributed by atoms with van der Waals surface area (Å²) in [4.78, 5) is 0. The second-order valence-corrected chi connectivity index (χ2v) is 7.10. The van der Waals surface area contributed by atoms with E-state index in [9.17, 15) is 25.0 Å². The van der Waals surface area contributed by atoms with Crippen LogP contribution in [0.25, 0.3) is 0 Å². The highest BCUT2D eigenvalue weighted by Crippen LogP contribution is 2.56. The molecule has 1 fully saturated rings. The van der Waals surface area contributed by atoms with Gasteiger partial charge < -0.3 is 30.1 Å². The summed E-state index contributed by atoms with van der Waals surface area (Å²) in [6, 6.07) is 7.75. The molecule has 112 valence electrons. The van der Waals surface area contributed by atoms with E-state index in [4.69, 9.17) is 9.63 Å². The minimum Gasteiger partial charge on any atom is -0.394 e. The first-order valence-corrected chi connectivity index (χ1v) is 7.78. The molecule has 5 N–H and O–H groups in total. The zero-order chi connectivity index (χ0) is 14.9. The number of hydrogen-bond acceptors (Lipinski definition) is 7. The fourth-order valence-electron chi connectivity index (χ4n) is 2.13. The third-order valence-corrected chi connectivity index (χ3v) is 5.88. The molecule has 0 aliphatic carbocycles. The van der Waals surface area contributed by atoms with E-state index in [1.54, 1.807) is 18.2 Å². The quantitative estimate of drug-likeness (QED) is 0.425. The van der Waals surface area contributed by atoms with Gasteiger partial charge in [-0.25, -0.2) is 0 Å². The van der Waals surface area contributed by atoms with Crippen molar-refractivity contribution < 1.29 is 34.6 Å². The number of rotatable bonds is 3. The summed E-state index contributed by atoms with van der Waals surface area (Å²) in [7, 11) is -3.90. The molecule has 6 atom stereocenters. The predicted molar refractivity (Wildman–Crippen MR) is 69.7 cm³/mol. The third-order valence-electron chi connectivity index (χ3n) is 3.30. The summed E-state index contributed by atoms with van der Waals surface area (Å²) in [5.74, 6) is -1.80. The Kier molecular flexibility index (Phi) is 4.61. The first-order chi connectivity index (χ1) is 9.41. The number of benzene rings is 1. The van der Waals surface area contributed by atoms with Crippen molar-refractivity contribution >= 4 is 12.7 Å². The van der Waals surface area contributed by atoms with Crippen LogP contribution < -0.4 is 5.30 Å². The molecule has 1 aromatic carbocycles. The van der Waals surface area contributed by atoms with E-state index in [-0.39, 0.29) is 5.30 Å². The molecule has 2 rings (SSSR count). The highest BCUT2D eigenvalue weighted by Gasteiger charge is 2.53. The van der Waals surface area contributed by atoms with Gasteiger partial charge >= 0.3 is 0 Å². The lowest BCUT2D eigenvalue weighted by Gasteiger charge is -2.41. The van der Waals surface area contributed by atoms with Gasteiger partial charge in [0.2, 0.25) is 0 Å². The van der Waals surface area contributed by atoms with Crippen LogP contribution in [0.2, 0.25) is 0 Å². The van der Waals surface area contributed by atoms with E-state index in [0.717, 1.165) is 0 Å². The minimum absolute atomic E-state index is 0.161. The van der Waals surface area contributed by atoms with Crippen LogP contribution in [-0.2, 0) is 9.09 Å². The third kappa shape index (κ3) is 2.54. The van der Waals surface area contributed by atoms with E-state index in [1.165, 1.54) is 12.1 Å². The molecule has 1 aliphatic heterocycles. The zero-order valence-corrected chi connectivity index (χ0v) is 11.4. The first kappa shape index (κ1) is 15.6. The maximum atomic E-state index is 12.8. The summed E-state index contributed by atoms with van der Waals surface area (Å²) in [5, 5.41) is 48.2. The van der Waals surface area contributed by atoms with Crippen molar-refractivity contribution in [2.75, 3.05) is 6.61 Å². The average Bonchev–Trinajstić information content (AvgIpc) is 2.49. The van der Waals surface area contributed by atoms with Crippen molar-refractivity contribution in [3.05, 3.63) is 30.3 Å². The van der Waals surface area contributed by atoms with Crippen LogP contribution in [0.4, 0.5) is 0 Å². The highest BCUT2D eigenvalue weighted by atomic mass is 31.2. The Hall–Kier alpha value is -0.790. The molecule has 20 heavy (non-hydrogen) atoms. The molecule has 1 aliphatic rings. The highest BCUT2D eigenvalue weighted by molar-refractivity contribution is 7.67. The fourth-order valence-corrected chi connectivity index (χ4v) is 4.47. The molecule has 1 aromatic rings. The Labute approximate surface area is 115 Å². The maximum Gasteiger partial charge on any atom is 0.262 e. The maximum absolute atomic E-state index is 12.8. The lowest BCUT2D eigenvalue weighted by molar-refractivity contribution is -0.139. The average molecular weight is 304 g/mol. The predicted octanol–water partition coefficient (Wildman–Crippen LogP) is -1.62. The van der Waals surface area contributed by atoms with Crippen molar-refractivity contribution in [3.63, 3.8) is 0 Å². The van der Waals surface area contributed by atoms with E-state index in [1.807, 2.05) is 0 Å². The van der Waals surface area contributed by atoms with E-state index in [0.29, 0.717) is 0 Å². The zero-order valence-electron chi connectivity index (χ0n) is 10.5. The van der Waals surface area contributed by atoms with E-state index < -0.39 is 44.2 Å². The first-order valence-electron chi connectivity index (χ1n) is 6.08. The standard InChI is InChI=1S/C12H17O7P/c13-6-8(14)11-9(15)10(16)12(17)20(18,19-11)7-4-2-1-3-5-7/h1-5,8-17H,6H2/t8-,9-,10+,11?,12-,20?/m1/s1. The normalized spacial score (nSPS) is 39.5. The van der Waals surface area contributed by atoms with Gasteiger partial charge in [-0.1, -0.05) is 18.2 Å². The topological polar surface area (TPSA) is 127 Å². The second-order valence-electron chi connectivity index (χ2n) is 4.65. The Bertz CT molecular complexity index is 494. The van der Waals surface area contributed by atoms with Crippen LogP contribution in [-0.4, -0.2) is 62.4 Å². The minimum atomic E-state index is -3.90. The smallest absolute Gasteiger partial charge is 0.262 e. The molecule has 1 saturated heterocycles. The van der Waals surface area contributed by atoms with Crippen LogP contribution in [0.15, 0.2) is 30.3 Å². The van der Waals surface area contributed by atoms with Gasteiger partial charge in [0.05, 0.1) is 6.61 Å². The van der Waals surface area contributed by atoms with Crippen molar-refractivity contribution in [1.29, 1.82) is 0 Å². The second kappa shape index (κ2) is 5.91. The summed E-state index contributed by atoms with van der Waals surface area (Å²) in [5.41, 5.74) is 0. The van der Waals surface area contributed by atoms with Crippen LogP contribution in [0, 0.1) is 0 Å². The van der Waals surface area contributed by atoms with Gasteiger partial charge in [0.15, 0.2) is 5.85 Å². The molecule has 7 nitrogen and oxygen atoms in total. The van der Waals surface area contributed by atoms with Gasteiger partial charge in [-0.15, -0.1) is 0 Å². The molecule has 2 unspecified atom stereocenters. The Balaban J connectivity index is 2.40. The molecule has 0 bridgehead atoms. The molecule has 0 spiro atoms. The molecule has 0 aromatic heterocycles. The van der Waals surface area contributed by atoms with E-state index in [2.05, 4.69) is 0 Å². The molecular weight excluding hydrogens is 287 g/mol. The van der Waals surface area contributed by atoms with Crippen LogP contribution in [0.3, 0.4) is 0 Å². The summed E-state index contributed by atoms with van der Waals surface area (Å²) >= 11 is 0. The lowest BCUT2D eigenvalue weighted by atomic mass is 10.0. The number of aliphatic hydroxyl groups is 5. The Morgan fingerprint density at radius 2 is 1.75 bits per heavy atom. The molecule has 8 heteroatoms. The molecule has 0 radical (unpaired) electrons. The number of aliphatic hydroxyl groups excluding tert-OH is 5. The monoisotopic (exact) mass is 304 g/mol. The summed E-state index contributed by atoms with van der Waals surface area (Å²) in [6.07, 6.45) is -6.38. The Morgan fingerprint density at radius 3 is 2.30 bits per heavy atom. The molecule has 1 heterocycles. The van der Waals surface area contributed by atoms with Gasteiger partial charge in [0, 0.05) is 5.30 Å². The fraction of sp³-hybridized carbons (Fsp3) is 0.500. The van der Waals surface area contributed by atoms with Gasteiger partial charge in [0.1, 0.15) is 24.4 Å². The molecular formula is C12H17O7P. The van der Waals surface area contributed by atoms with Crippen LogP contribution >= 0.6 is 7.37 Å². The SMILES string of the molecule is O=P1(c2ccccc2)OC([C@H](O)CO)[C@H](O)[C@H](O)[C@@H]1O. The largest absolute Gasteiger partial charge is 0.394 e. The van der Waals surface area contributed by atoms with Crippen LogP contribution in [0.1, 0.15) is 0 Å². The molecule has 0 saturated carbocycles. The number of hydrogen-bond donors (Lipinski definition) is 5. The summed E-state index contributed by atoms with van der Waals surface area (Å²) in [6.45, 7) is -0.737. The van der Waals surface area contributed by atoms with Gasteiger partial charge in [-0.05, 0) is 12.1 Å². The van der Waals surface area contributed by atoms with E-state index >= 15 is 0 Å². The van der Waals surface area contributed by atoms with Gasteiger partial charge in [-0.3, -0.25) is 4.57 Å².